The van der Waals surface area contributed by atoms with Crippen LogP contribution in [0.2, 0.25) is 0 Å². The van der Waals surface area contributed by atoms with Gasteiger partial charge in [0.1, 0.15) is 24.3 Å². The van der Waals surface area contributed by atoms with E-state index in [0.717, 1.165) is 16.9 Å². The van der Waals surface area contributed by atoms with E-state index in [1.54, 1.807) is 6.07 Å². The Kier molecular flexibility index (Phi) is 5.71. The topological polar surface area (TPSA) is 58.6 Å². The summed E-state index contributed by atoms with van der Waals surface area (Å²) in [7, 11) is 0. The van der Waals surface area contributed by atoms with Crippen molar-refractivity contribution in [1.29, 1.82) is 0 Å². The molecule has 2 aromatic rings. The number of para-hydroxylation sites is 1. The number of aliphatic hydroxyl groups is 1. The number of ether oxygens (including phenoxy) is 1. The van der Waals surface area contributed by atoms with Gasteiger partial charge >= 0.3 is 0 Å². The Bertz CT molecular complexity index is 667. The third-order valence-corrected chi connectivity index (χ3v) is 3.45. The monoisotopic (exact) mass is 317 g/mol. The largest absolute Gasteiger partial charge is 0.490 e. The minimum Gasteiger partial charge on any atom is -0.490 e. The van der Waals surface area contributed by atoms with E-state index in [0.29, 0.717) is 0 Å². The van der Waals surface area contributed by atoms with Gasteiger partial charge in [-0.15, -0.1) is 0 Å². The lowest BCUT2D eigenvalue weighted by Crippen LogP contribution is -2.35. The number of hydrogen-bond donors (Lipinski definition) is 2. The van der Waals surface area contributed by atoms with Gasteiger partial charge in [0, 0.05) is 6.54 Å². The van der Waals surface area contributed by atoms with Crippen LogP contribution < -0.4 is 10.1 Å². The molecule has 5 heteroatoms. The van der Waals surface area contributed by atoms with Crippen LogP contribution in [-0.4, -0.2) is 30.3 Å². The van der Waals surface area contributed by atoms with Gasteiger partial charge in [0.25, 0.3) is 5.91 Å². The molecule has 2 aromatic carbocycles. The van der Waals surface area contributed by atoms with E-state index in [1.165, 1.54) is 18.2 Å². The molecule has 0 heterocycles. The Balaban J connectivity index is 1.85. The predicted molar refractivity (Wildman–Crippen MR) is 86.2 cm³/mol. The first kappa shape index (κ1) is 17.0. The van der Waals surface area contributed by atoms with Gasteiger partial charge in [-0.25, -0.2) is 4.39 Å². The molecular formula is C18H20FNO3. The SMILES string of the molecule is Cc1cccc(C)c1OCC(O)CNC(=O)c1ccccc1F. The number of carbonyl (C=O) groups is 1. The van der Waals surface area contributed by atoms with Gasteiger partial charge in [-0.1, -0.05) is 30.3 Å². The first-order chi connectivity index (χ1) is 11.0. The number of amides is 1. The summed E-state index contributed by atoms with van der Waals surface area (Å²) in [6.07, 6.45) is -0.885. The molecule has 0 aliphatic carbocycles. The average Bonchev–Trinajstić information content (AvgIpc) is 2.52. The van der Waals surface area contributed by atoms with Crippen LogP contribution in [0.15, 0.2) is 42.5 Å². The summed E-state index contributed by atoms with van der Waals surface area (Å²) in [6, 6.07) is 11.5. The quantitative estimate of drug-likeness (QED) is 0.861. The van der Waals surface area contributed by atoms with Gasteiger partial charge in [-0.05, 0) is 37.1 Å². The van der Waals surface area contributed by atoms with Gasteiger partial charge in [0.05, 0.1) is 5.56 Å². The summed E-state index contributed by atoms with van der Waals surface area (Å²) in [5.74, 6) is -0.424. The molecule has 23 heavy (non-hydrogen) atoms. The summed E-state index contributed by atoms with van der Waals surface area (Å²) in [6.45, 7) is 3.88. The molecule has 0 radical (unpaired) electrons. The zero-order valence-electron chi connectivity index (χ0n) is 13.2. The molecule has 0 aliphatic heterocycles. The fraction of sp³-hybridized carbons (Fsp3) is 0.278. The van der Waals surface area contributed by atoms with Crippen molar-refractivity contribution in [3.05, 3.63) is 65.0 Å². The number of nitrogens with one attached hydrogen (secondary N) is 1. The fourth-order valence-corrected chi connectivity index (χ4v) is 2.22. The van der Waals surface area contributed by atoms with Crippen LogP contribution in [0, 0.1) is 19.7 Å². The second-order valence-corrected chi connectivity index (χ2v) is 5.38. The third-order valence-electron chi connectivity index (χ3n) is 3.45. The zero-order valence-corrected chi connectivity index (χ0v) is 13.2. The van der Waals surface area contributed by atoms with E-state index in [4.69, 9.17) is 4.74 Å². The lowest BCUT2D eigenvalue weighted by atomic mass is 10.1. The van der Waals surface area contributed by atoms with E-state index in [1.807, 2.05) is 32.0 Å². The summed E-state index contributed by atoms with van der Waals surface area (Å²) >= 11 is 0. The van der Waals surface area contributed by atoms with Crippen LogP contribution >= 0.6 is 0 Å². The Morgan fingerprint density at radius 1 is 1.17 bits per heavy atom. The molecule has 0 aliphatic rings. The second-order valence-electron chi connectivity index (χ2n) is 5.38. The molecule has 0 fully saturated rings. The minimum atomic E-state index is -0.885. The molecule has 1 atom stereocenters. The minimum absolute atomic E-state index is 0.0158. The number of benzene rings is 2. The molecule has 0 bridgehead atoms. The lowest BCUT2D eigenvalue weighted by Gasteiger charge is -2.16. The number of halogens is 1. The first-order valence-corrected chi connectivity index (χ1v) is 7.39. The Morgan fingerprint density at radius 3 is 2.48 bits per heavy atom. The van der Waals surface area contributed by atoms with Gasteiger partial charge in [-0.3, -0.25) is 4.79 Å². The maximum atomic E-state index is 13.5. The summed E-state index contributed by atoms with van der Waals surface area (Å²) < 4.78 is 19.1. The Labute approximate surface area is 134 Å². The number of hydrogen-bond acceptors (Lipinski definition) is 3. The van der Waals surface area contributed by atoms with Crippen molar-refractivity contribution in [3.63, 3.8) is 0 Å². The van der Waals surface area contributed by atoms with Crippen LogP contribution in [0.4, 0.5) is 4.39 Å². The smallest absolute Gasteiger partial charge is 0.254 e. The highest BCUT2D eigenvalue weighted by atomic mass is 19.1. The van der Waals surface area contributed by atoms with Crippen molar-refractivity contribution >= 4 is 5.91 Å². The molecular weight excluding hydrogens is 297 g/mol. The van der Waals surface area contributed by atoms with Gasteiger partial charge < -0.3 is 15.2 Å². The molecule has 0 saturated carbocycles. The molecule has 0 saturated heterocycles. The predicted octanol–water partition coefficient (Wildman–Crippen LogP) is 2.61. The highest BCUT2D eigenvalue weighted by Crippen LogP contribution is 2.22. The first-order valence-electron chi connectivity index (χ1n) is 7.39. The molecule has 0 aromatic heterocycles. The normalized spacial score (nSPS) is 11.8. The molecule has 2 rings (SSSR count). The maximum absolute atomic E-state index is 13.5. The third kappa shape index (κ3) is 4.53. The maximum Gasteiger partial charge on any atom is 0.254 e. The van der Waals surface area contributed by atoms with Gasteiger partial charge in [0.2, 0.25) is 0 Å². The number of aliphatic hydroxyl groups excluding tert-OH is 1. The molecule has 1 amide bonds. The summed E-state index contributed by atoms with van der Waals surface area (Å²) in [5.41, 5.74) is 1.91. The standard InChI is InChI=1S/C18H20FNO3/c1-12-6-5-7-13(2)17(12)23-11-14(21)10-20-18(22)15-8-3-4-9-16(15)19/h3-9,14,21H,10-11H2,1-2H3,(H,20,22). The average molecular weight is 317 g/mol. The summed E-state index contributed by atoms with van der Waals surface area (Å²) in [5, 5.41) is 12.4. The molecule has 0 spiro atoms. The van der Waals surface area contributed by atoms with Gasteiger partial charge in [0.15, 0.2) is 0 Å². The molecule has 4 nitrogen and oxygen atoms in total. The van der Waals surface area contributed by atoms with Crippen molar-refractivity contribution in [2.45, 2.75) is 20.0 Å². The van der Waals surface area contributed by atoms with Crippen LogP contribution in [0.3, 0.4) is 0 Å². The second kappa shape index (κ2) is 7.74. The zero-order chi connectivity index (χ0) is 16.8. The van der Waals surface area contributed by atoms with Crippen molar-refractivity contribution in [2.24, 2.45) is 0 Å². The van der Waals surface area contributed by atoms with Crippen molar-refractivity contribution < 1.29 is 19.0 Å². The van der Waals surface area contributed by atoms with Gasteiger partial charge in [-0.2, -0.15) is 0 Å². The van der Waals surface area contributed by atoms with Crippen LogP contribution in [-0.2, 0) is 0 Å². The van der Waals surface area contributed by atoms with E-state index < -0.39 is 17.8 Å². The highest BCUT2D eigenvalue weighted by Gasteiger charge is 2.13. The fourth-order valence-electron chi connectivity index (χ4n) is 2.22. The summed E-state index contributed by atoms with van der Waals surface area (Å²) in [4.78, 5) is 11.8. The number of rotatable bonds is 6. The molecule has 1 unspecified atom stereocenters. The van der Waals surface area contributed by atoms with Crippen molar-refractivity contribution in [3.8, 4) is 5.75 Å². The van der Waals surface area contributed by atoms with E-state index >= 15 is 0 Å². The van der Waals surface area contributed by atoms with Crippen LogP contribution in [0.25, 0.3) is 0 Å². The van der Waals surface area contributed by atoms with Crippen LogP contribution in [0.1, 0.15) is 21.5 Å². The Morgan fingerprint density at radius 2 is 1.83 bits per heavy atom. The van der Waals surface area contributed by atoms with E-state index in [-0.39, 0.29) is 18.7 Å². The molecule has 2 N–H and O–H groups in total. The Hall–Kier alpha value is -2.40. The number of aryl methyl sites for hydroxylation is 2. The lowest BCUT2D eigenvalue weighted by molar-refractivity contribution is 0.0838. The van der Waals surface area contributed by atoms with Crippen molar-refractivity contribution in [1.82, 2.24) is 5.32 Å². The number of carbonyl (C=O) groups excluding carboxylic acids is 1. The van der Waals surface area contributed by atoms with Crippen LogP contribution in [0.5, 0.6) is 5.75 Å². The highest BCUT2D eigenvalue weighted by molar-refractivity contribution is 5.94. The molecule has 122 valence electrons. The van der Waals surface area contributed by atoms with E-state index in [2.05, 4.69) is 5.32 Å². The van der Waals surface area contributed by atoms with Crippen molar-refractivity contribution in [2.75, 3.05) is 13.2 Å². The van der Waals surface area contributed by atoms with E-state index in [9.17, 15) is 14.3 Å².